The Bertz CT molecular complexity index is 1980. The molecule has 0 saturated heterocycles. The second kappa shape index (κ2) is 69.5. The molecule has 0 radical (unpaired) electrons. The summed E-state index contributed by atoms with van der Waals surface area (Å²) in [5.41, 5.74) is 0. The van der Waals surface area contributed by atoms with Crippen molar-refractivity contribution in [3.05, 3.63) is 134 Å². The van der Waals surface area contributed by atoms with Crippen LogP contribution in [0.4, 0.5) is 0 Å². The van der Waals surface area contributed by atoms with Crippen molar-refractivity contribution in [2.75, 3.05) is 47.5 Å². The Labute approximate surface area is 555 Å². The molecule has 90 heavy (non-hydrogen) atoms. The molecule has 0 fully saturated rings. The summed E-state index contributed by atoms with van der Waals surface area (Å²) in [6.45, 7) is 4.33. The fraction of sp³-hybridized carbons (Fsp3) is 0.700. The van der Waals surface area contributed by atoms with Gasteiger partial charge >= 0.3 is 19.8 Å². The van der Waals surface area contributed by atoms with E-state index >= 15 is 0 Å². The van der Waals surface area contributed by atoms with E-state index in [1.165, 1.54) is 167 Å². The molecule has 0 aliphatic carbocycles. The van der Waals surface area contributed by atoms with Gasteiger partial charge < -0.3 is 18.9 Å². The number of likely N-dealkylation sites (N-methyl/N-ethyl adjacent to an activating group) is 1. The Morgan fingerprint density at radius 3 is 0.944 bits per heavy atom. The van der Waals surface area contributed by atoms with Crippen molar-refractivity contribution >= 4 is 19.8 Å². The number of nitrogens with zero attached hydrogens (tertiary/aromatic N) is 1. The molecule has 516 valence electrons. The molecule has 9 nitrogen and oxygen atoms in total. The van der Waals surface area contributed by atoms with Gasteiger partial charge in [0.05, 0.1) is 27.7 Å². The molecule has 0 spiro atoms. The van der Waals surface area contributed by atoms with Crippen LogP contribution in [0.25, 0.3) is 0 Å². The molecule has 0 saturated carbocycles. The molecule has 0 heterocycles. The number of rotatable bonds is 67. The van der Waals surface area contributed by atoms with Gasteiger partial charge in [0.15, 0.2) is 6.10 Å². The molecular weight excluding hydrogens is 1130 g/mol. The summed E-state index contributed by atoms with van der Waals surface area (Å²) in [4.78, 5) is 35.9. The monoisotopic (exact) mass is 1270 g/mol. The van der Waals surface area contributed by atoms with E-state index in [0.29, 0.717) is 17.4 Å². The number of carbonyl (C=O) groups excluding carboxylic acids is 2. The highest BCUT2D eigenvalue weighted by atomic mass is 31.2. The number of allylic oxidation sites excluding steroid dienone is 22. The summed E-state index contributed by atoms with van der Waals surface area (Å²) < 4.78 is 34.8. The topological polar surface area (TPSA) is 108 Å². The Balaban J connectivity index is 4.06. The van der Waals surface area contributed by atoms with Crippen LogP contribution in [0.15, 0.2) is 134 Å². The Hall–Kier alpha value is -3.85. The minimum Gasteiger partial charge on any atom is -0.462 e. The van der Waals surface area contributed by atoms with Crippen LogP contribution < -0.4 is 0 Å². The first-order chi connectivity index (χ1) is 44.0. The molecular formula is C80H139NO8P+. The maximum atomic E-state index is 12.9. The van der Waals surface area contributed by atoms with Crippen molar-refractivity contribution in [3.8, 4) is 0 Å². The molecule has 10 heteroatoms. The number of phosphoric acid groups is 1. The van der Waals surface area contributed by atoms with Gasteiger partial charge in [-0.05, 0) is 116 Å². The zero-order valence-corrected chi connectivity index (χ0v) is 59.7. The number of hydrogen-bond donors (Lipinski definition) is 1. The SMILES string of the molecule is CC/C=C\C/C=C\C/C=C\C/C=C\C/C=C\C/C=C\C/C=C\C/C=C\C/C=C\CCCCCCCCCCCCCC(=O)OC(COC(=O)CCCCCCCCCCCCCCCCC/C=C\C/C=C\CCCCCCC)COP(=O)(O)OCC[N+](C)(C)C. The Kier molecular flexibility index (Phi) is 66.5. The molecule has 0 bridgehead atoms. The van der Waals surface area contributed by atoms with Crippen LogP contribution in [0.3, 0.4) is 0 Å². The van der Waals surface area contributed by atoms with Gasteiger partial charge in [-0.3, -0.25) is 18.6 Å². The fourth-order valence-corrected chi connectivity index (χ4v) is 10.8. The van der Waals surface area contributed by atoms with Gasteiger partial charge in [0, 0.05) is 12.8 Å². The van der Waals surface area contributed by atoms with Crippen molar-refractivity contribution in [1.82, 2.24) is 0 Å². The maximum absolute atomic E-state index is 12.9. The number of unbranched alkanes of at least 4 members (excludes halogenated alkanes) is 31. The van der Waals surface area contributed by atoms with Gasteiger partial charge in [0.25, 0.3) is 0 Å². The Morgan fingerprint density at radius 2 is 0.633 bits per heavy atom. The zero-order chi connectivity index (χ0) is 65.5. The first-order valence-electron chi connectivity index (χ1n) is 36.9. The van der Waals surface area contributed by atoms with Gasteiger partial charge in [-0.1, -0.05) is 314 Å². The van der Waals surface area contributed by atoms with Crippen molar-refractivity contribution < 1.29 is 42.1 Å². The van der Waals surface area contributed by atoms with E-state index in [-0.39, 0.29) is 32.0 Å². The lowest BCUT2D eigenvalue weighted by atomic mass is 10.0. The van der Waals surface area contributed by atoms with E-state index in [0.717, 1.165) is 109 Å². The van der Waals surface area contributed by atoms with Crippen LogP contribution in [-0.4, -0.2) is 74.9 Å². The molecule has 0 aromatic rings. The largest absolute Gasteiger partial charge is 0.472 e. The number of ether oxygens (including phenoxy) is 2. The quantitative estimate of drug-likeness (QED) is 0.0211. The van der Waals surface area contributed by atoms with E-state index in [2.05, 4.69) is 148 Å². The lowest BCUT2D eigenvalue weighted by molar-refractivity contribution is -0.870. The van der Waals surface area contributed by atoms with Gasteiger partial charge in [0.2, 0.25) is 0 Å². The number of hydrogen-bond acceptors (Lipinski definition) is 7. The number of esters is 2. The molecule has 0 amide bonds. The van der Waals surface area contributed by atoms with E-state index in [9.17, 15) is 19.0 Å². The number of quaternary nitrogens is 1. The number of carbonyl (C=O) groups is 2. The van der Waals surface area contributed by atoms with Crippen LogP contribution in [-0.2, 0) is 32.7 Å². The third-order valence-corrected chi connectivity index (χ3v) is 16.6. The molecule has 0 aliphatic rings. The molecule has 1 N–H and O–H groups in total. The van der Waals surface area contributed by atoms with Crippen LogP contribution >= 0.6 is 7.82 Å². The van der Waals surface area contributed by atoms with Crippen molar-refractivity contribution in [2.24, 2.45) is 0 Å². The summed E-state index contributed by atoms with van der Waals surface area (Å²) in [5.74, 6) is -0.798. The molecule has 2 atom stereocenters. The average molecular weight is 1270 g/mol. The number of phosphoric ester groups is 1. The minimum atomic E-state index is -4.40. The second-order valence-corrected chi connectivity index (χ2v) is 27.0. The average Bonchev–Trinajstić information content (AvgIpc) is 3.58. The molecule has 0 rings (SSSR count). The lowest BCUT2D eigenvalue weighted by Gasteiger charge is -2.24. The predicted molar refractivity (Wildman–Crippen MR) is 390 cm³/mol. The normalized spacial score (nSPS) is 13.9. The molecule has 0 aromatic carbocycles. The molecule has 2 unspecified atom stereocenters. The fourth-order valence-electron chi connectivity index (χ4n) is 10.0. The summed E-state index contributed by atoms with van der Waals surface area (Å²) in [6.07, 6.45) is 101. The van der Waals surface area contributed by atoms with E-state index in [1.54, 1.807) is 0 Å². The third kappa shape index (κ3) is 73.2. The lowest BCUT2D eigenvalue weighted by Crippen LogP contribution is -2.37. The third-order valence-electron chi connectivity index (χ3n) is 15.7. The van der Waals surface area contributed by atoms with E-state index in [4.69, 9.17) is 18.5 Å². The van der Waals surface area contributed by atoms with Gasteiger partial charge in [-0.25, -0.2) is 4.57 Å². The summed E-state index contributed by atoms with van der Waals surface area (Å²) in [6, 6.07) is 0. The predicted octanol–water partition coefficient (Wildman–Crippen LogP) is 24.4. The van der Waals surface area contributed by atoms with Crippen LogP contribution in [0.1, 0.15) is 309 Å². The first kappa shape index (κ1) is 86.2. The summed E-state index contributed by atoms with van der Waals surface area (Å²) in [5, 5.41) is 0. The van der Waals surface area contributed by atoms with Crippen LogP contribution in [0.5, 0.6) is 0 Å². The van der Waals surface area contributed by atoms with Gasteiger partial charge in [-0.2, -0.15) is 0 Å². The van der Waals surface area contributed by atoms with E-state index < -0.39 is 26.5 Å². The van der Waals surface area contributed by atoms with Crippen molar-refractivity contribution in [1.29, 1.82) is 0 Å². The van der Waals surface area contributed by atoms with Crippen LogP contribution in [0, 0.1) is 0 Å². The highest BCUT2D eigenvalue weighted by Gasteiger charge is 2.27. The first-order valence-corrected chi connectivity index (χ1v) is 38.4. The highest BCUT2D eigenvalue weighted by molar-refractivity contribution is 7.47. The molecule has 0 aliphatic heterocycles. The van der Waals surface area contributed by atoms with Crippen LogP contribution in [0.2, 0.25) is 0 Å². The standard InChI is InChI=1S/C80H138NO8P/c1-6-8-10-12-14-16-18-20-22-24-26-28-30-32-34-35-36-37-38-39-40-41-42-43-44-45-47-49-51-53-55-57-59-61-63-65-67-69-71-73-80(83)89-78(77-88-90(84,85)87-75-74-81(3,4)5)76-86-79(82)72-70-68-66-64-62-60-58-56-54-52-50-48-46-33-31-29-27-25-23-21-19-17-15-13-11-9-7-2/h8,10,14,16,19-22,25-28,32,34,36-37,39-40,42-43,45,47,78H,6-7,9,11-13,15,17-18,23-24,29-31,33,35,38,41,44,46,48-77H2,1-5H3/p+1/b10-8-,16-14-,21-19-,22-20-,27-25-,28-26-,34-32-,37-36-,40-39-,43-42-,47-45-. The smallest absolute Gasteiger partial charge is 0.462 e. The second-order valence-electron chi connectivity index (χ2n) is 25.6. The summed E-state index contributed by atoms with van der Waals surface area (Å²) >= 11 is 0. The summed E-state index contributed by atoms with van der Waals surface area (Å²) in [7, 11) is 1.47. The van der Waals surface area contributed by atoms with Gasteiger partial charge in [0.1, 0.15) is 19.8 Å². The minimum absolute atomic E-state index is 0.0265. The Morgan fingerprint density at radius 1 is 0.356 bits per heavy atom. The molecule has 0 aromatic heterocycles. The maximum Gasteiger partial charge on any atom is 0.472 e. The van der Waals surface area contributed by atoms with Crippen molar-refractivity contribution in [2.45, 2.75) is 315 Å². The van der Waals surface area contributed by atoms with E-state index in [1.807, 2.05) is 21.1 Å². The highest BCUT2D eigenvalue weighted by Crippen LogP contribution is 2.43. The zero-order valence-electron chi connectivity index (χ0n) is 58.8. The van der Waals surface area contributed by atoms with Gasteiger partial charge in [-0.15, -0.1) is 0 Å². The van der Waals surface area contributed by atoms with Crippen molar-refractivity contribution in [3.63, 3.8) is 0 Å².